The smallest absolute Gasteiger partial charge is 0.306 e. The van der Waals surface area contributed by atoms with E-state index in [0.717, 1.165) is 16.5 Å². The van der Waals surface area contributed by atoms with Crippen molar-refractivity contribution in [2.24, 2.45) is 5.92 Å². The number of carboxylic acids is 1. The van der Waals surface area contributed by atoms with Crippen LogP contribution in [0.3, 0.4) is 0 Å². The van der Waals surface area contributed by atoms with Crippen molar-refractivity contribution < 1.29 is 19.4 Å². The molecule has 0 saturated carbocycles. The summed E-state index contributed by atoms with van der Waals surface area (Å²) in [5.74, 6) is -1.18. The number of hydrogen-bond donors (Lipinski definition) is 1. The fraction of sp³-hybridized carbons (Fsp3) is 0.533. The van der Waals surface area contributed by atoms with E-state index in [1.165, 1.54) is 0 Å². The van der Waals surface area contributed by atoms with E-state index in [0.29, 0.717) is 32.7 Å². The van der Waals surface area contributed by atoms with Gasteiger partial charge in [-0.1, -0.05) is 28.1 Å². The molecule has 1 atom stereocenters. The van der Waals surface area contributed by atoms with Crippen LogP contribution < -0.4 is 0 Å². The van der Waals surface area contributed by atoms with Gasteiger partial charge in [-0.3, -0.25) is 4.79 Å². The molecule has 0 heterocycles. The van der Waals surface area contributed by atoms with Gasteiger partial charge in [-0.25, -0.2) is 0 Å². The highest BCUT2D eigenvalue weighted by Crippen LogP contribution is 2.17. The maximum atomic E-state index is 11.3. The Morgan fingerprint density at radius 3 is 2.80 bits per heavy atom. The van der Waals surface area contributed by atoms with E-state index < -0.39 is 11.9 Å². The molecule has 1 N–H and O–H groups in total. The molecule has 1 aromatic carbocycles. The second kappa shape index (κ2) is 9.91. The van der Waals surface area contributed by atoms with Crippen LogP contribution in [0.1, 0.15) is 18.4 Å². The summed E-state index contributed by atoms with van der Waals surface area (Å²) in [6.07, 6.45) is 1.88. The van der Waals surface area contributed by atoms with Crippen LogP contribution in [0, 0.1) is 5.92 Å². The maximum absolute atomic E-state index is 11.3. The van der Waals surface area contributed by atoms with Gasteiger partial charge in [-0.05, 0) is 37.0 Å². The van der Waals surface area contributed by atoms with Crippen LogP contribution in [-0.4, -0.2) is 38.0 Å². The number of methoxy groups -OCH3 is 1. The van der Waals surface area contributed by atoms with Gasteiger partial charge in [0.15, 0.2) is 0 Å². The minimum absolute atomic E-state index is 0.410. The summed E-state index contributed by atoms with van der Waals surface area (Å²) in [5, 5.41) is 9.26. The molecule has 20 heavy (non-hydrogen) atoms. The standard InChI is InChI=1S/C15H21BrO4/c1-19-7-3-8-20-9-6-13(15(17)18)10-12-4-2-5-14(16)11-12/h2,4-5,11,13H,3,6-10H2,1H3,(H,17,18). The molecule has 1 rings (SSSR count). The third-order valence-corrected chi connectivity index (χ3v) is 3.46. The average Bonchev–Trinajstić information content (AvgIpc) is 2.41. The average molecular weight is 345 g/mol. The lowest BCUT2D eigenvalue weighted by Gasteiger charge is -2.13. The third kappa shape index (κ3) is 7.03. The number of carbonyl (C=O) groups is 1. The minimum atomic E-state index is -0.773. The zero-order chi connectivity index (χ0) is 14.8. The van der Waals surface area contributed by atoms with E-state index in [4.69, 9.17) is 9.47 Å². The number of ether oxygens (including phenoxy) is 2. The summed E-state index contributed by atoms with van der Waals surface area (Å²) in [7, 11) is 1.65. The van der Waals surface area contributed by atoms with Crippen molar-refractivity contribution in [3.8, 4) is 0 Å². The van der Waals surface area contributed by atoms with Crippen LogP contribution in [0.4, 0.5) is 0 Å². The molecular weight excluding hydrogens is 324 g/mol. The van der Waals surface area contributed by atoms with Gasteiger partial charge >= 0.3 is 5.97 Å². The van der Waals surface area contributed by atoms with Gasteiger partial charge in [0.2, 0.25) is 0 Å². The molecule has 112 valence electrons. The first-order valence-corrected chi connectivity index (χ1v) is 7.46. The molecule has 4 nitrogen and oxygen atoms in total. The lowest BCUT2D eigenvalue weighted by atomic mass is 9.97. The van der Waals surface area contributed by atoms with Crippen molar-refractivity contribution in [1.82, 2.24) is 0 Å². The molecule has 0 aliphatic heterocycles. The van der Waals surface area contributed by atoms with E-state index in [9.17, 15) is 9.90 Å². The fourth-order valence-electron chi connectivity index (χ4n) is 1.89. The molecule has 0 aliphatic carbocycles. The van der Waals surface area contributed by atoms with Gasteiger partial charge in [0.1, 0.15) is 0 Å². The van der Waals surface area contributed by atoms with Crippen LogP contribution in [-0.2, 0) is 20.7 Å². The summed E-state index contributed by atoms with van der Waals surface area (Å²) < 4.78 is 11.3. The Hall–Kier alpha value is -0.910. The van der Waals surface area contributed by atoms with Crippen molar-refractivity contribution in [2.75, 3.05) is 26.9 Å². The summed E-state index contributed by atoms with van der Waals surface area (Å²) >= 11 is 3.39. The molecule has 1 unspecified atom stereocenters. The van der Waals surface area contributed by atoms with Crippen LogP contribution in [0.5, 0.6) is 0 Å². The summed E-state index contributed by atoms with van der Waals surface area (Å²) in [6.45, 7) is 1.74. The van der Waals surface area contributed by atoms with Gasteiger partial charge in [-0.2, -0.15) is 0 Å². The fourth-order valence-corrected chi connectivity index (χ4v) is 2.34. The summed E-state index contributed by atoms with van der Waals surface area (Å²) in [4.78, 5) is 11.3. The van der Waals surface area contributed by atoms with Crippen molar-refractivity contribution in [2.45, 2.75) is 19.3 Å². The monoisotopic (exact) mass is 344 g/mol. The van der Waals surface area contributed by atoms with Gasteiger partial charge in [0.05, 0.1) is 5.92 Å². The summed E-state index contributed by atoms with van der Waals surface area (Å²) in [5.41, 5.74) is 1.02. The Balaban J connectivity index is 2.35. The number of carboxylic acid groups (broad SMARTS) is 1. The van der Waals surface area contributed by atoms with Crippen LogP contribution in [0.15, 0.2) is 28.7 Å². The van der Waals surface area contributed by atoms with Crippen molar-refractivity contribution >= 4 is 21.9 Å². The molecule has 0 spiro atoms. The normalized spacial score (nSPS) is 12.3. The first-order chi connectivity index (χ1) is 9.63. The van der Waals surface area contributed by atoms with Crippen molar-refractivity contribution in [1.29, 1.82) is 0 Å². The number of halogens is 1. The van der Waals surface area contributed by atoms with E-state index in [2.05, 4.69) is 15.9 Å². The molecule has 1 aromatic rings. The predicted octanol–water partition coefficient (Wildman–Crippen LogP) is 3.14. The maximum Gasteiger partial charge on any atom is 0.306 e. The third-order valence-electron chi connectivity index (χ3n) is 2.97. The minimum Gasteiger partial charge on any atom is -0.481 e. The van der Waals surface area contributed by atoms with E-state index in [1.54, 1.807) is 7.11 Å². The topological polar surface area (TPSA) is 55.8 Å². The highest BCUT2D eigenvalue weighted by molar-refractivity contribution is 9.10. The van der Waals surface area contributed by atoms with Crippen molar-refractivity contribution in [3.05, 3.63) is 34.3 Å². The second-order valence-electron chi connectivity index (χ2n) is 4.62. The molecule has 0 saturated heterocycles. The highest BCUT2D eigenvalue weighted by atomic mass is 79.9. The molecule has 0 aliphatic rings. The molecule has 0 aromatic heterocycles. The first-order valence-electron chi connectivity index (χ1n) is 6.67. The Labute approximate surface area is 128 Å². The van der Waals surface area contributed by atoms with Gasteiger partial charge < -0.3 is 14.6 Å². The zero-order valence-corrected chi connectivity index (χ0v) is 13.3. The lowest BCUT2D eigenvalue weighted by molar-refractivity contribution is -0.142. The lowest BCUT2D eigenvalue weighted by Crippen LogP contribution is -2.19. The Bertz CT molecular complexity index is 409. The largest absolute Gasteiger partial charge is 0.481 e. The quantitative estimate of drug-likeness (QED) is 0.662. The molecule has 0 bridgehead atoms. The Morgan fingerprint density at radius 1 is 1.35 bits per heavy atom. The van der Waals surface area contributed by atoms with Crippen LogP contribution in [0.2, 0.25) is 0 Å². The van der Waals surface area contributed by atoms with Gasteiger partial charge in [-0.15, -0.1) is 0 Å². The van der Waals surface area contributed by atoms with Crippen molar-refractivity contribution in [3.63, 3.8) is 0 Å². The van der Waals surface area contributed by atoms with E-state index in [-0.39, 0.29) is 0 Å². The number of hydrogen-bond acceptors (Lipinski definition) is 3. The SMILES string of the molecule is COCCCOCCC(Cc1cccc(Br)c1)C(=O)O. The highest BCUT2D eigenvalue weighted by Gasteiger charge is 2.17. The van der Waals surface area contributed by atoms with Gasteiger partial charge in [0, 0.05) is 31.4 Å². The summed E-state index contributed by atoms with van der Waals surface area (Å²) in [6, 6.07) is 7.74. The number of aliphatic carboxylic acids is 1. The second-order valence-corrected chi connectivity index (χ2v) is 5.53. The molecule has 5 heteroatoms. The molecule has 0 fully saturated rings. The molecule has 0 amide bonds. The van der Waals surface area contributed by atoms with Crippen LogP contribution in [0.25, 0.3) is 0 Å². The Kier molecular flexibility index (Phi) is 8.49. The van der Waals surface area contributed by atoms with Gasteiger partial charge in [0.25, 0.3) is 0 Å². The Morgan fingerprint density at radius 2 is 2.15 bits per heavy atom. The van der Waals surface area contributed by atoms with Crippen LogP contribution >= 0.6 is 15.9 Å². The van der Waals surface area contributed by atoms with E-state index in [1.807, 2.05) is 24.3 Å². The number of benzene rings is 1. The first kappa shape index (κ1) is 17.1. The predicted molar refractivity (Wildman–Crippen MR) is 80.9 cm³/mol. The molecular formula is C15H21BrO4. The number of rotatable bonds is 10. The zero-order valence-electron chi connectivity index (χ0n) is 11.7. The van der Waals surface area contributed by atoms with E-state index >= 15 is 0 Å². The molecule has 0 radical (unpaired) electrons.